The van der Waals surface area contributed by atoms with Gasteiger partial charge in [0.2, 0.25) is 11.8 Å². The van der Waals surface area contributed by atoms with Crippen molar-refractivity contribution in [2.24, 2.45) is 0 Å². The Balaban J connectivity index is 2.27. The highest BCUT2D eigenvalue weighted by atomic mass is 19.1. The molecule has 0 bridgehead atoms. The van der Waals surface area contributed by atoms with E-state index in [2.05, 4.69) is 5.32 Å². The van der Waals surface area contributed by atoms with Gasteiger partial charge in [0.1, 0.15) is 11.9 Å². The van der Waals surface area contributed by atoms with Crippen LogP contribution >= 0.6 is 0 Å². The van der Waals surface area contributed by atoms with Crippen LogP contribution in [0.3, 0.4) is 0 Å². The highest BCUT2D eigenvalue weighted by Crippen LogP contribution is 2.16. The van der Waals surface area contributed by atoms with E-state index in [0.717, 1.165) is 16.7 Å². The van der Waals surface area contributed by atoms with Gasteiger partial charge in [0.15, 0.2) is 0 Å². The van der Waals surface area contributed by atoms with Crippen molar-refractivity contribution in [3.63, 3.8) is 0 Å². The zero-order valence-corrected chi connectivity index (χ0v) is 17.3. The monoisotopic (exact) mass is 384 g/mol. The summed E-state index contributed by atoms with van der Waals surface area (Å²) in [5.74, 6) is -0.847. The quantitative estimate of drug-likeness (QED) is 0.786. The maximum absolute atomic E-state index is 14.2. The van der Waals surface area contributed by atoms with Crippen LogP contribution in [-0.2, 0) is 22.6 Å². The summed E-state index contributed by atoms with van der Waals surface area (Å²) in [5, 5.41) is 2.83. The molecular formula is C23H29FN2O2. The summed E-state index contributed by atoms with van der Waals surface area (Å²) in [5.41, 5.74) is 3.53. The van der Waals surface area contributed by atoms with Crippen LogP contribution < -0.4 is 5.32 Å². The van der Waals surface area contributed by atoms with Gasteiger partial charge in [0.25, 0.3) is 0 Å². The topological polar surface area (TPSA) is 49.4 Å². The second-order valence-electron chi connectivity index (χ2n) is 7.55. The Kier molecular flexibility index (Phi) is 7.32. The third kappa shape index (κ3) is 5.65. The zero-order valence-electron chi connectivity index (χ0n) is 17.3. The summed E-state index contributed by atoms with van der Waals surface area (Å²) in [4.78, 5) is 27.1. The Bertz CT molecular complexity index is 848. The highest BCUT2D eigenvalue weighted by Gasteiger charge is 2.27. The molecule has 2 aromatic carbocycles. The number of halogens is 1. The Hall–Kier alpha value is -2.69. The number of nitrogens with one attached hydrogen (secondary N) is 1. The van der Waals surface area contributed by atoms with Gasteiger partial charge >= 0.3 is 0 Å². The van der Waals surface area contributed by atoms with Crippen molar-refractivity contribution >= 4 is 11.8 Å². The number of hydrogen-bond donors (Lipinski definition) is 1. The van der Waals surface area contributed by atoms with E-state index >= 15 is 0 Å². The molecule has 0 aromatic heterocycles. The fraction of sp³-hybridized carbons (Fsp3) is 0.391. The number of nitrogens with zero attached hydrogens (tertiary/aromatic N) is 1. The molecule has 1 atom stereocenters. The van der Waals surface area contributed by atoms with Crippen LogP contribution in [0.25, 0.3) is 0 Å². The van der Waals surface area contributed by atoms with Gasteiger partial charge in [0.05, 0.1) is 6.42 Å². The number of carbonyl (C=O) groups is 2. The highest BCUT2D eigenvalue weighted by molar-refractivity contribution is 5.88. The van der Waals surface area contributed by atoms with Crippen LogP contribution in [0.15, 0.2) is 42.5 Å². The molecule has 0 unspecified atom stereocenters. The van der Waals surface area contributed by atoms with Gasteiger partial charge in [-0.1, -0.05) is 36.4 Å². The average Bonchev–Trinajstić information content (AvgIpc) is 2.63. The van der Waals surface area contributed by atoms with E-state index in [1.165, 1.54) is 11.0 Å². The van der Waals surface area contributed by atoms with E-state index in [0.29, 0.717) is 5.56 Å². The largest absolute Gasteiger partial charge is 0.352 e. The lowest BCUT2D eigenvalue weighted by molar-refractivity contribution is -0.140. The third-order valence-electron chi connectivity index (χ3n) is 4.82. The molecule has 0 aliphatic heterocycles. The maximum atomic E-state index is 14.2. The molecule has 0 saturated carbocycles. The molecule has 1 N–H and O–H groups in total. The molecule has 0 spiro atoms. The van der Waals surface area contributed by atoms with Crippen LogP contribution in [0.2, 0.25) is 0 Å². The van der Waals surface area contributed by atoms with Crippen molar-refractivity contribution in [2.45, 2.75) is 59.7 Å². The van der Waals surface area contributed by atoms with Crippen molar-refractivity contribution in [3.05, 3.63) is 70.5 Å². The van der Waals surface area contributed by atoms with Gasteiger partial charge in [-0.3, -0.25) is 9.59 Å². The number of carbonyl (C=O) groups excluding carboxylic acids is 2. The lowest BCUT2D eigenvalue weighted by Gasteiger charge is -2.29. The van der Waals surface area contributed by atoms with Crippen LogP contribution in [0.1, 0.15) is 43.0 Å². The SMILES string of the molecule is Cc1ccc(CC(=O)N(Cc2ccccc2F)[C@H](C)C(=O)NC(C)C)cc1C. The molecule has 2 rings (SSSR count). The van der Waals surface area contributed by atoms with E-state index in [9.17, 15) is 14.0 Å². The van der Waals surface area contributed by atoms with Gasteiger partial charge in [-0.2, -0.15) is 0 Å². The Morgan fingerprint density at radius 1 is 1.04 bits per heavy atom. The smallest absolute Gasteiger partial charge is 0.242 e. The predicted octanol–water partition coefficient (Wildman–Crippen LogP) is 3.93. The van der Waals surface area contributed by atoms with Gasteiger partial charge in [-0.15, -0.1) is 0 Å². The molecule has 4 nitrogen and oxygen atoms in total. The molecule has 0 aliphatic carbocycles. The first-order chi connectivity index (χ1) is 13.2. The summed E-state index contributed by atoms with van der Waals surface area (Å²) in [7, 11) is 0. The fourth-order valence-electron chi connectivity index (χ4n) is 2.99. The summed E-state index contributed by atoms with van der Waals surface area (Å²) in [6.07, 6.45) is 0.162. The van der Waals surface area contributed by atoms with Crippen molar-refractivity contribution in [2.75, 3.05) is 0 Å². The summed E-state index contributed by atoms with van der Waals surface area (Å²) in [6, 6.07) is 11.5. The second kappa shape index (κ2) is 9.49. The lowest BCUT2D eigenvalue weighted by atomic mass is 10.0. The Labute approximate surface area is 166 Å². The average molecular weight is 384 g/mol. The van der Waals surface area contributed by atoms with Crippen molar-refractivity contribution < 1.29 is 14.0 Å². The van der Waals surface area contributed by atoms with Crippen molar-refractivity contribution in [1.29, 1.82) is 0 Å². The van der Waals surface area contributed by atoms with Gasteiger partial charge in [0, 0.05) is 18.2 Å². The number of aryl methyl sites for hydroxylation is 2. The minimum atomic E-state index is -0.707. The minimum absolute atomic E-state index is 0.0416. The molecule has 5 heteroatoms. The zero-order chi connectivity index (χ0) is 20.8. The number of amides is 2. The molecule has 2 aromatic rings. The van der Waals surface area contributed by atoms with Crippen LogP contribution in [0.4, 0.5) is 4.39 Å². The maximum Gasteiger partial charge on any atom is 0.242 e. The van der Waals surface area contributed by atoms with E-state index in [1.54, 1.807) is 25.1 Å². The molecule has 0 saturated heterocycles. The molecule has 150 valence electrons. The molecule has 0 fully saturated rings. The number of rotatable bonds is 7. The van der Waals surface area contributed by atoms with Gasteiger partial charge < -0.3 is 10.2 Å². The fourth-order valence-corrected chi connectivity index (χ4v) is 2.99. The first-order valence-corrected chi connectivity index (χ1v) is 9.58. The second-order valence-corrected chi connectivity index (χ2v) is 7.55. The number of benzene rings is 2. The predicted molar refractivity (Wildman–Crippen MR) is 109 cm³/mol. The van der Waals surface area contributed by atoms with Gasteiger partial charge in [-0.05, 0) is 57.4 Å². The molecular weight excluding hydrogens is 355 g/mol. The summed E-state index contributed by atoms with van der Waals surface area (Å²) in [6.45, 7) is 9.47. The van der Waals surface area contributed by atoms with Gasteiger partial charge in [-0.25, -0.2) is 4.39 Å². The van der Waals surface area contributed by atoms with Crippen LogP contribution in [-0.4, -0.2) is 28.8 Å². The molecule has 0 aliphatic rings. The lowest BCUT2D eigenvalue weighted by Crippen LogP contribution is -2.49. The molecule has 28 heavy (non-hydrogen) atoms. The normalized spacial score (nSPS) is 12.0. The van der Waals surface area contributed by atoms with E-state index in [1.807, 2.05) is 45.9 Å². The molecule has 0 radical (unpaired) electrons. The van der Waals surface area contributed by atoms with E-state index in [-0.39, 0.29) is 36.6 Å². The number of hydrogen-bond acceptors (Lipinski definition) is 2. The van der Waals surface area contributed by atoms with E-state index in [4.69, 9.17) is 0 Å². The van der Waals surface area contributed by atoms with Crippen LogP contribution in [0, 0.1) is 19.7 Å². The van der Waals surface area contributed by atoms with Crippen LogP contribution in [0.5, 0.6) is 0 Å². The Morgan fingerprint density at radius 3 is 2.32 bits per heavy atom. The van der Waals surface area contributed by atoms with Crippen molar-refractivity contribution in [1.82, 2.24) is 10.2 Å². The Morgan fingerprint density at radius 2 is 1.71 bits per heavy atom. The summed E-state index contributed by atoms with van der Waals surface area (Å²) >= 11 is 0. The van der Waals surface area contributed by atoms with Crippen molar-refractivity contribution in [3.8, 4) is 0 Å². The summed E-state index contributed by atoms with van der Waals surface area (Å²) < 4.78 is 14.2. The minimum Gasteiger partial charge on any atom is -0.352 e. The first-order valence-electron chi connectivity index (χ1n) is 9.58. The van der Waals surface area contributed by atoms with E-state index < -0.39 is 6.04 Å². The molecule has 0 heterocycles. The third-order valence-corrected chi connectivity index (χ3v) is 4.82. The molecule has 2 amide bonds. The standard InChI is InChI=1S/C23H29FN2O2/c1-15(2)25-23(28)18(5)26(14-20-8-6-7-9-21(20)24)22(27)13-19-11-10-16(3)17(4)12-19/h6-12,15,18H,13-14H2,1-5H3,(H,25,28)/t18-/m1/s1. The first kappa shape index (κ1) is 21.6.